The molecule has 0 amide bonds. The Morgan fingerprint density at radius 1 is 1.13 bits per heavy atom. The highest BCUT2D eigenvalue weighted by Crippen LogP contribution is 2.17. The Bertz CT molecular complexity index is 420. The van der Waals surface area contributed by atoms with Gasteiger partial charge >= 0.3 is 0 Å². The summed E-state index contributed by atoms with van der Waals surface area (Å²) < 4.78 is 0. The van der Waals surface area contributed by atoms with Gasteiger partial charge in [0.25, 0.3) is 0 Å². The summed E-state index contributed by atoms with van der Waals surface area (Å²) in [5.74, 6) is 0. The molecule has 2 heteroatoms. The molecule has 0 spiro atoms. The number of benzene rings is 1. The summed E-state index contributed by atoms with van der Waals surface area (Å²) in [5, 5.41) is 2.61. The Labute approximate surface area is 101 Å². The lowest BCUT2D eigenvalue weighted by Gasteiger charge is -2.03. The summed E-state index contributed by atoms with van der Waals surface area (Å²) in [7, 11) is 0. The minimum Gasteiger partial charge on any atom is -0.261 e. The molecular formula is C13H16BrN. The van der Waals surface area contributed by atoms with E-state index in [2.05, 4.69) is 42.2 Å². The van der Waals surface area contributed by atoms with Crippen molar-refractivity contribution in [2.75, 3.05) is 0 Å². The molecule has 0 atom stereocenters. The van der Waals surface area contributed by atoms with Gasteiger partial charge in [-0.15, -0.1) is 17.0 Å². The molecule has 0 saturated heterocycles. The lowest BCUT2D eigenvalue weighted by atomic mass is 10.1. The van der Waals surface area contributed by atoms with Gasteiger partial charge in [0.15, 0.2) is 0 Å². The average Bonchev–Trinajstić information content (AvgIpc) is 2.26. The van der Waals surface area contributed by atoms with Crippen LogP contribution in [0.1, 0.15) is 25.5 Å². The van der Waals surface area contributed by atoms with Crippen LogP contribution >= 0.6 is 17.0 Å². The fraction of sp³-hybridized carbons (Fsp3) is 0.308. The minimum absolute atomic E-state index is 0. The first-order valence-corrected chi connectivity index (χ1v) is 5.24. The van der Waals surface area contributed by atoms with Gasteiger partial charge in [0.1, 0.15) is 0 Å². The molecular weight excluding hydrogens is 250 g/mol. The SMILES string of the molecule is Br.CCCCc1nccc2ccccc12. The molecule has 1 nitrogen and oxygen atoms in total. The van der Waals surface area contributed by atoms with E-state index in [4.69, 9.17) is 0 Å². The summed E-state index contributed by atoms with van der Waals surface area (Å²) in [6.07, 6.45) is 5.46. The molecule has 2 aromatic rings. The molecule has 0 unspecified atom stereocenters. The summed E-state index contributed by atoms with van der Waals surface area (Å²) in [5.41, 5.74) is 1.24. The molecule has 0 N–H and O–H groups in total. The third-order valence-electron chi connectivity index (χ3n) is 2.52. The van der Waals surface area contributed by atoms with Crippen LogP contribution in [0.15, 0.2) is 36.5 Å². The topological polar surface area (TPSA) is 12.9 Å². The fourth-order valence-electron chi connectivity index (χ4n) is 1.73. The summed E-state index contributed by atoms with van der Waals surface area (Å²) >= 11 is 0. The molecule has 0 bridgehead atoms. The van der Waals surface area contributed by atoms with Gasteiger partial charge in [-0.25, -0.2) is 0 Å². The predicted octanol–water partition coefficient (Wildman–Crippen LogP) is 4.16. The van der Waals surface area contributed by atoms with Crippen LogP contribution < -0.4 is 0 Å². The van der Waals surface area contributed by atoms with E-state index in [1.165, 1.54) is 29.3 Å². The summed E-state index contributed by atoms with van der Waals surface area (Å²) in [4.78, 5) is 4.44. The first kappa shape index (κ1) is 12.2. The van der Waals surface area contributed by atoms with Gasteiger partial charge in [0.05, 0.1) is 0 Å². The standard InChI is InChI=1S/C13H15N.BrH/c1-2-3-8-13-12-7-5-4-6-11(12)9-10-14-13;/h4-7,9-10H,2-3,8H2,1H3;1H. The number of fused-ring (bicyclic) bond motifs is 1. The number of rotatable bonds is 3. The predicted molar refractivity (Wildman–Crippen MR) is 70.7 cm³/mol. The third kappa shape index (κ3) is 2.78. The molecule has 0 aliphatic heterocycles. The maximum Gasteiger partial charge on any atom is 0.0481 e. The van der Waals surface area contributed by atoms with Crippen molar-refractivity contribution in [3.8, 4) is 0 Å². The van der Waals surface area contributed by atoms with Crippen LogP contribution in [0, 0.1) is 0 Å². The number of nitrogens with zero attached hydrogens (tertiary/aromatic N) is 1. The first-order valence-electron chi connectivity index (χ1n) is 5.24. The van der Waals surface area contributed by atoms with E-state index in [0.717, 1.165) is 6.42 Å². The molecule has 0 fully saturated rings. The molecule has 0 saturated carbocycles. The Balaban J connectivity index is 0.00000112. The normalized spacial score (nSPS) is 9.93. The van der Waals surface area contributed by atoms with Crippen LogP contribution in [-0.2, 0) is 6.42 Å². The zero-order valence-corrected chi connectivity index (χ0v) is 10.7. The smallest absolute Gasteiger partial charge is 0.0481 e. The highest BCUT2D eigenvalue weighted by atomic mass is 79.9. The molecule has 15 heavy (non-hydrogen) atoms. The summed E-state index contributed by atoms with van der Waals surface area (Å²) in [6, 6.07) is 10.5. The lowest BCUT2D eigenvalue weighted by Crippen LogP contribution is -1.90. The van der Waals surface area contributed by atoms with Gasteiger partial charge in [-0.05, 0) is 24.3 Å². The zero-order valence-electron chi connectivity index (χ0n) is 8.94. The maximum absolute atomic E-state index is 4.44. The van der Waals surface area contributed by atoms with Crippen LogP contribution in [0.3, 0.4) is 0 Å². The second-order valence-electron chi connectivity index (χ2n) is 3.58. The van der Waals surface area contributed by atoms with Gasteiger partial charge in [-0.1, -0.05) is 37.6 Å². The van der Waals surface area contributed by atoms with E-state index >= 15 is 0 Å². The van der Waals surface area contributed by atoms with Crippen molar-refractivity contribution in [2.24, 2.45) is 0 Å². The number of hydrogen-bond donors (Lipinski definition) is 0. The molecule has 0 radical (unpaired) electrons. The third-order valence-corrected chi connectivity index (χ3v) is 2.52. The Kier molecular flexibility index (Phi) is 4.76. The molecule has 1 heterocycles. The van der Waals surface area contributed by atoms with Crippen molar-refractivity contribution >= 4 is 27.8 Å². The van der Waals surface area contributed by atoms with Crippen LogP contribution in [0.25, 0.3) is 10.8 Å². The monoisotopic (exact) mass is 265 g/mol. The van der Waals surface area contributed by atoms with E-state index in [9.17, 15) is 0 Å². The Morgan fingerprint density at radius 2 is 1.93 bits per heavy atom. The van der Waals surface area contributed by atoms with E-state index in [0.29, 0.717) is 0 Å². The fourth-order valence-corrected chi connectivity index (χ4v) is 1.73. The highest BCUT2D eigenvalue weighted by molar-refractivity contribution is 8.93. The first-order chi connectivity index (χ1) is 6.92. The molecule has 0 aliphatic rings. The van der Waals surface area contributed by atoms with Gasteiger partial charge in [0, 0.05) is 17.3 Å². The van der Waals surface area contributed by atoms with E-state index in [-0.39, 0.29) is 17.0 Å². The zero-order chi connectivity index (χ0) is 9.80. The average molecular weight is 266 g/mol. The van der Waals surface area contributed by atoms with E-state index in [1.54, 1.807) is 0 Å². The van der Waals surface area contributed by atoms with Crippen molar-refractivity contribution in [3.63, 3.8) is 0 Å². The number of aromatic nitrogens is 1. The lowest BCUT2D eigenvalue weighted by molar-refractivity contribution is 0.782. The number of pyridine rings is 1. The summed E-state index contributed by atoms with van der Waals surface area (Å²) in [6.45, 7) is 2.21. The second kappa shape index (κ2) is 5.86. The Hall–Kier alpha value is -0.890. The van der Waals surface area contributed by atoms with Gasteiger partial charge in [-0.3, -0.25) is 4.98 Å². The second-order valence-corrected chi connectivity index (χ2v) is 3.58. The molecule has 2 rings (SSSR count). The quantitative estimate of drug-likeness (QED) is 0.813. The number of halogens is 1. The number of unbranched alkanes of at least 4 members (excludes halogenated alkanes) is 1. The maximum atomic E-state index is 4.44. The van der Waals surface area contributed by atoms with Crippen LogP contribution in [-0.4, -0.2) is 4.98 Å². The molecule has 0 aliphatic carbocycles. The molecule has 1 aromatic heterocycles. The number of hydrogen-bond acceptors (Lipinski definition) is 1. The van der Waals surface area contributed by atoms with Gasteiger partial charge < -0.3 is 0 Å². The van der Waals surface area contributed by atoms with Gasteiger partial charge in [0.2, 0.25) is 0 Å². The minimum atomic E-state index is 0. The molecule has 1 aromatic carbocycles. The van der Waals surface area contributed by atoms with Crippen LogP contribution in [0.5, 0.6) is 0 Å². The van der Waals surface area contributed by atoms with E-state index in [1.807, 2.05) is 6.20 Å². The van der Waals surface area contributed by atoms with Crippen molar-refractivity contribution in [1.82, 2.24) is 4.98 Å². The van der Waals surface area contributed by atoms with Crippen molar-refractivity contribution in [2.45, 2.75) is 26.2 Å². The largest absolute Gasteiger partial charge is 0.261 e. The van der Waals surface area contributed by atoms with E-state index < -0.39 is 0 Å². The molecule has 80 valence electrons. The van der Waals surface area contributed by atoms with Crippen LogP contribution in [0.2, 0.25) is 0 Å². The van der Waals surface area contributed by atoms with Crippen molar-refractivity contribution in [3.05, 3.63) is 42.2 Å². The number of aryl methyl sites for hydroxylation is 1. The van der Waals surface area contributed by atoms with Crippen LogP contribution in [0.4, 0.5) is 0 Å². The van der Waals surface area contributed by atoms with Crippen molar-refractivity contribution < 1.29 is 0 Å². The highest BCUT2D eigenvalue weighted by Gasteiger charge is 1.99. The Morgan fingerprint density at radius 3 is 2.73 bits per heavy atom. The van der Waals surface area contributed by atoms with Crippen molar-refractivity contribution in [1.29, 1.82) is 0 Å². The van der Waals surface area contributed by atoms with Gasteiger partial charge in [-0.2, -0.15) is 0 Å².